The third-order valence-electron chi connectivity index (χ3n) is 5.42. The number of aromatic nitrogens is 2. The third kappa shape index (κ3) is 4.45. The minimum atomic E-state index is -0.257. The van der Waals surface area contributed by atoms with Crippen LogP contribution in [0, 0.1) is 11.2 Å². The molecule has 0 saturated carbocycles. The summed E-state index contributed by atoms with van der Waals surface area (Å²) in [5.41, 5.74) is 4.02. The van der Waals surface area contributed by atoms with Gasteiger partial charge in [-0.25, -0.2) is 9.07 Å². The molecule has 0 saturated heterocycles. The van der Waals surface area contributed by atoms with Crippen LogP contribution in [0.1, 0.15) is 30.2 Å². The molecule has 0 radical (unpaired) electrons. The van der Waals surface area contributed by atoms with Gasteiger partial charge in [0.1, 0.15) is 5.82 Å². The van der Waals surface area contributed by atoms with Gasteiger partial charge in [0, 0.05) is 6.54 Å². The number of rotatable bonds is 6. The van der Waals surface area contributed by atoms with Gasteiger partial charge < -0.3 is 5.32 Å². The maximum atomic E-state index is 13.2. The summed E-state index contributed by atoms with van der Waals surface area (Å²) in [6.45, 7) is 2.83. The van der Waals surface area contributed by atoms with E-state index in [9.17, 15) is 9.18 Å². The van der Waals surface area contributed by atoms with Crippen molar-refractivity contribution in [2.45, 2.75) is 26.2 Å². The van der Waals surface area contributed by atoms with E-state index in [2.05, 4.69) is 29.5 Å². The molecule has 1 amide bonds. The molecule has 148 valence electrons. The van der Waals surface area contributed by atoms with Gasteiger partial charge in [-0.2, -0.15) is 5.10 Å². The van der Waals surface area contributed by atoms with Crippen molar-refractivity contribution in [2.75, 3.05) is 6.54 Å². The van der Waals surface area contributed by atoms with Crippen molar-refractivity contribution in [3.63, 3.8) is 0 Å². The number of halogens is 1. The second-order valence-electron chi connectivity index (χ2n) is 7.87. The Morgan fingerprint density at radius 2 is 1.93 bits per heavy atom. The van der Waals surface area contributed by atoms with Crippen LogP contribution >= 0.6 is 0 Å². The maximum Gasteiger partial charge on any atom is 0.224 e. The summed E-state index contributed by atoms with van der Waals surface area (Å²) in [5.74, 6) is -0.211. The summed E-state index contributed by atoms with van der Waals surface area (Å²) in [5, 5.41) is 7.53. The second-order valence-corrected chi connectivity index (χ2v) is 7.87. The monoisotopic (exact) mass is 389 g/mol. The molecule has 4 rings (SSSR count). The standard InChI is InChI=1S/C24H24FN3O/c1-24(13-14-26-23(29)15-18-5-3-2-4-6-18)12-11-22-19(16-24)17-27-28(22)21-9-7-20(25)8-10-21/h2-12,17H,13-16H2,1H3,(H,26,29)/t24-/m0/s1. The van der Waals surface area contributed by atoms with E-state index in [1.165, 1.54) is 12.1 Å². The van der Waals surface area contributed by atoms with E-state index in [0.29, 0.717) is 13.0 Å². The lowest BCUT2D eigenvalue weighted by Crippen LogP contribution is -2.31. The minimum Gasteiger partial charge on any atom is -0.356 e. The molecular weight excluding hydrogens is 365 g/mol. The Kier molecular flexibility index (Phi) is 5.30. The number of benzene rings is 2. The summed E-state index contributed by atoms with van der Waals surface area (Å²) in [6, 6.07) is 16.1. The normalized spacial score (nSPS) is 17.7. The predicted molar refractivity (Wildman–Crippen MR) is 112 cm³/mol. The number of amides is 1. The number of carbonyl (C=O) groups is 1. The van der Waals surface area contributed by atoms with Gasteiger partial charge in [0.05, 0.1) is 24.0 Å². The first kappa shape index (κ1) is 19.1. The number of nitrogens with one attached hydrogen (secondary N) is 1. The molecule has 1 aromatic heterocycles. The highest BCUT2D eigenvalue weighted by Crippen LogP contribution is 2.35. The summed E-state index contributed by atoms with van der Waals surface area (Å²) >= 11 is 0. The molecule has 5 heteroatoms. The molecular formula is C24H24FN3O. The summed E-state index contributed by atoms with van der Waals surface area (Å²) < 4.78 is 15.0. The van der Waals surface area contributed by atoms with Crippen molar-refractivity contribution in [3.05, 3.63) is 89.5 Å². The van der Waals surface area contributed by atoms with Crippen LogP contribution in [0.3, 0.4) is 0 Å². The number of fused-ring (bicyclic) bond motifs is 1. The van der Waals surface area contributed by atoms with Crippen molar-refractivity contribution < 1.29 is 9.18 Å². The highest BCUT2D eigenvalue weighted by molar-refractivity contribution is 5.78. The highest BCUT2D eigenvalue weighted by Gasteiger charge is 2.28. The molecule has 0 unspecified atom stereocenters. The van der Waals surface area contributed by atoms with E-state index < -0.39 is 0 Å². The first-order valence-electron chi connectivity index (χ1n) is 9.85. The number of hydrogen-bond acceptors (Lipinski definition) is 2. The lowest BCUT2D eigenvalue weighted by atomic mass is 9.77. The number of carbonyl (C=O) groups excluding carboxylic acids is 1. The number of allylic oxidation sites excluding steroid dienone is 1. The van der Waals surface area contributed by atoms with Gasteiger partial charge in [0.25, 0.3) is 0 Å². The second kappa shape index (κ2) is 8.03. The molecule has 1 N–H and O–H groups in total. The third-order valence-corrected chi connectivity index (χ3v) is 5.42. The van der Waals surface area contributed by atoms with Crippen LogP contribution in [0.25, 0.3) is 11.8 Å². The van der Waals surface area contributed by atoms with E-state index in [1.807, 2.05) is 41.2 Å². The zero-order valence-electron chi connectivity index (χ0n) is 16.4. The highest BCUT2D eigenvalue weighted by atomic mass is 19.1. The number of nitrogens with zero attached hydrogens (tertiary/aromatic N) is 2. The van der Waals surface area contributed by atoms with E-state index in [1.54, 1.807) is 12.1 Å². The van der Waals surface area contributed by atoms with E-state index in [0.717, 1.165) is 35.3 Å². The Hall–Kier alpha value is -3.21. The van der Waals surface area contributed by atoms with Gasteiger partial charge in [-0.1, -0.05) is 43.3 Å². The largest absolute Gasteiger partial charge is 0.356 e. The summed E-state index contributed by atoms with van der Waals surface area (Å²) in [4.78, 5) is 12.2. The molecule has 4 nitrogen and oxygen atoms in total. The maximum absolute atomic E-state index is 13.2. The summed E-state index contributed by atoms with van der Waals surface area (Å²) in [7, 11) is 0. The van der Waals surface area contributed by atoms with E-state index in [4.69, 9.17) is 0 Å². The topological polar surface area (TPSA) is 46.9 Å². The SMILES string of the molecule is C[C@@]1(CCNC(=O)Cc2ccccc2)C=Cc2c(cnn2-c2ccc(F)cc2)C1. The van der Waals surface area contributed by atoms with E-state index in [-0.39, 0.29) is 17.1 Å². The predicted octanol–water partition coefficient (Wildman–Crippen LogP) is 4.34. The Morgan fingerprint density at radius 3 is 2.69 bits per heavy atom. The molecule has 1 aliphatic carbocycles. The average Bonchev–Trinajstić information content (AvgIpc) is 3.12. The van der Waals surface area contributed by atoms with Crippen molar-refractivity contribution in [3.8, 4) is 5.69 Å². The molecule has 29 heavy (non-hydrogen) atoms. The van der Waals surface area contributed by atoms with Gasteiger partial charge in [0.2, 0.25) is 5.91 Å². The van der Waals surface area contributed by atoms with Crippen molar-refractivity contribution in [1.29, 1.82) is 0 Å². The van der Waals surface area contributed by atoms with Crippen LogP contribution in [0.2, 0.25) is 0 Å². The Balaban J connectivity index is 1.36. The van der Waals surface area contributed by atoms with Crippen LogP contribution in [-0.2, 0) is 17.6 Å². The first-order valence-corrected chi connectivity index (χ1v) is 9.85. The molecule has 1 heterocycles. The zero-order valence-corrected chi connectivity index (χ0v) is 16.4. The fourth-order valence-electron chi connectivity index (χ4n) is 3.77. The van der Waals surface area contributed by atoms with Crippen LogP contribution in [0.5, 0.6) is 0 Å². The molecule has 2 aromatic carbocycles. The smallest absolute Gasteiger partial charge is 0.224 e. The van der Waals surface area contributed by atoms with Crippen LogP contribution < -0.4 is 5.32 Å². The Morgan fingerprint density at radius 1 is 1.17 bits per heavy atom. The average molecular weight is 389 g/mol. The zero-order chi connectivity index (χ0) is 20.3. The lowest BCUT2D eigenvalue weighted by Gasteiger charge is -2.29. The Labute approximate surface area is 170 Å². The van der Waals surface area contributed by atoms with Gasteiger partial charge in [-0.15, -0.1) is 0 Å². The molecule has 0 aliphatic heterocycles. The molecule has 3 aromatic rings. The fourth-order valence-corrected chi connectivity index (χ4v) is 3.77. The molecule has 0 fully saturated rings. The van der Waals surface area contributed by atoms with Crippen molar-refractivity contribution in [1.82, 2.24) is 15.1 Å². The fraction of sp³-hybridized carbons (Fsp3) is 0.250. The van der Waals surface area contributed by atoms with Gasteiger partial charge in [-0.3, -0.25) is 4.79 Å². The van der Waals surface area contributed by atoms with Crippen LogP contribution in [-0.4, -0.2) is 22.2 Å². The molecule has 1 atom stereocenters. The van der Waals surface area contributed by atoms with Crippen LogP contribution in [0.4, 0.5) is 4.39 Å². The molecule has 1 aliphatic rings. The molecule has 0 bridgehead atoms. The van der Waals surface area contributed by atoms with Crippen molar-refractivity contribution in [2.24, 2.45) is 5.41 Å². The quantitative estimate of drug-likeness (QED) is 0.682. The Bertz CT molecular complexity index is 1020. The van der Waals surface area contributed by atoms with Crippen LogP contribution in [0.15, 0.2) is 66.9 Å². The van der Waals surface area contributed by atoms with Gasteiger partial charge >= 0.3 is 0 Å². The number of hydrogen-bond donors (Lipinski definition) is 1. The summed E-state index contributed by atoms with van der Waals surface area (Å²) in [6.07, 6.45) is 8.28. The first-order chi connectivity index (χ1) is 14.0. The van der Waals surface area contributed by atoms with Crippen molar-refractivity contribution >= 4 is 12.0 Å². The van der Waals surface area contributed by atoms with Gasteiger partial charge in [-0.05, 0) is 59.7 Å². The van der Waals surface area contributed by atoms with Gasteiger partial charge in [0.15, 0.2) is 0 Å². The lowest BCUT2D eigenvalue weighted by molar-refractivity contribution is -0.120. The minimum absolute atomic E-state index is 0.0380. The molecule has 0 spiro atoms. The van der Waals surface area contributed by atoms with E-state index >= 15 is 0 Å².